The molecule has 0 spiro atoms. The fraction of sp³-hybridized carbons (Fsp3) is 0.600. The van der Waals surface area contributed by atoms with Crippen molar-refractivity contribution in [3.05, 3.63) is 35.4 Å². The first-order chi connectivity index (χ1) is 9.67. The summed E-state index contributed by atoms with van der Waals surface area (Å²) >= 11 is 0. The Balaban J connectivity index is 1.68. The Labute approximate surface area is 118 Å². The zero-order valence-electron chi connectivity index (χ0n) is 11.9. The second kappa shape index (κ2) is 7.67. The fourth-order valence-electron chi connectivity index (χ4n) is 2.44. The minimum absolute atomic E-state index is 0.202. The van der Waals surface area contributed by atoms with Crippen molar-refractivity contribution < 1.29 is 13.5 Å². The molecule has 3 nitrogen and oxygen atoms in total. The largest absolute Gasteiger partial charge is 0.374 e. The van der Waals surface area contributed by atoms with Gasteiger partial charge < -0.3 is 10.1 Å². The van der Waals surface area contributed by atoms with Crippen molar-refractivity contribution in [2.75, 3.05) is 39.3 Å². The number of hydrogen-bond donors (Lipinski definition) is 1. The van der Waals surface area contributed by atoms with Crippen molar-refractivity contribution in [1.82, 2.24) is 10.2 Å². The van der Waals surface area contributed by atoms with E-state index in [1.54, 1.807) is 0 Å². The Morgan fingerprint density at radius 1 is 1.30 bits per heavy atom. The molecule has 1 saturated heterocycles. The van der Waals surface area contributed by atoms with E-state index in [0.29, 0.717) is 18.5 Å². The number of nitrogens with one attached hydrogen (secondary N) is 1. The standard InChI is InChI=1S/C15H22F2N2O/c1-2-19-5-6-20-15(11-19)10-18-4-3-12-7-13(16)9-14(17)8-12/h7-9,15,18H,2-6,10-11H2,1H3. The average Bonchev–Trinajstić information content (AvgIpc) is 2.43. The maximum Gasteiger partial charge on any atom is 0.126 e. The van der Waals surface area contributed by atoms with E-state index in [9.17, 15) is 8.78 Å². The van der Waals surface area contributed by atoms with Crippen molar-refractivity contribution in [2.24, 2.45) is 0 Å². The lowest BCUT2D eigenvalue weighted by Gasteiger charge is -2.32. The number of ether oxygens (including phenoxy) is 1. The highest BCUT2D eigenvalue weighted by atomic mass is 19.1. The third-order valence-corrected chi connectivity index (χ3v) is 3.55. The number of likely N-dealkylation sites (N-methyl/N-ethyl adjacent to an activating group) is 1. The monoisotopic (exact) mass is 284 g/mol. The van der Waals surface area contributed by atoms with E-state index in [4.69, 9.17) is 4.74 Å². The van der Waals surface area contributed by atoms with E-state index in [-0.39, 0.29) is 6.10 Å². The topological polar surface area (TPSA) is 24.5 Å². The molecule has 0 aliphatic carbocycles. The first kappa shape index (κ1) is 15.4. The van der Waals surface area contributed by atoms with Crippen LogP contribution in [0.25, 0.3) is 0 Å². The third-order valence-electron chi connectivity index (χ3n) is 3.55. The van der Waals surface area contributed by atoms with E-state index in [1.807, 2.05) is 0 Å². The number of morpholine rings is 1. The van der Waals surface area contributed by atoms with Crippen LogP contribution in [0.3, 0.4) is 0 Å². The molecule has 112 valence electrons. The van der Waals surface area contributed by atoms with Gasteiger partial charge in [0.25, 0.3) is 0 Å². The normalized spacial score (nSPS) is 20.2. The summed E-state index contributed by atoms with van der Waals surface area (Å²) in [5.74, 6) is -1.04. The van der Waals surface area contributed by atoms with Crippen molar-refractivity contribution in [2.45, 2.75) is 19.4 Å². The number of benzene rings is 1. The molecule has 0 radical (unpaired) electrons. The molecule has 20 heavy (non-hydrogen) atoms. The van der Waals surface area contributed by atoms with Gasteiger partial charge in [0.2, 0.25) is 0 Å². The van der Waals surface area contributed by atoms with Gasteiger partial charge in [-0.1, -0.05) is 6.92 Å². The lowest BCUT2D eigenvalue weighted by molar-refractivity contribution is -0.0251. The number of hydrogen-bond acceptors (Lipinski definition) is 3. The molecule has 0 amide bonds. The van der Waals surface area contributed by atoms with Gasteiger partial charge in [-0.15, -0.1) is 0 Å². The van der Waals surface area contributed by atoms with Crippen molar-refractivity contribution in [3.63, 3.8) is 0 Å². The summed E-state index contributed by atoms with van der Waals surface area (Å²) < 4.78 is 31.7. The summed E-state index contributed by atoms with van der Waals surface area (Å²) in [6.07, 6.45) is 0.812. The molecule has 1 aromatic rings. The molecule has 1 fully saturated rings. The summed E-state index contributed by atoms with van der Waals surface area (Å²) in [7, 11) is 0. The molecule has 1 aliphatic heterocycles. The summed E-state index contributed by atoms with van der Waals surface area (Å²) in [5, 5.41) is 3.29. The SMILES string of the molecule is CCN1CCOC(CNCCc2cc(F)cc(F)c2)C1. The average molecular weight is 284 g/mol. The highest BCUT2D eigenvalue weighted by molar-refractivity contribution is 5.18. The molecule has 1 unspecified atom stereocenters. The minimum Gasteiger partial charge on any atom is -0.374 e. The summed E-state index contributed by atoms with van der Waals surface area (Å²) in [5.41, 5.74) is 0.676. The van der Waals surface area contributed by atoms with Crippen LogP contribution in [0, 0.1) is 11.6 Å². The van der Waals surface area contributed by atoms with Crippen LogP contribution in [0.5, 0.6) is 0 Å². The molecule has 0 bridgehead atoms. The number of rotatable bonds is 6. The van der Waals surface area contributed by atoms with Gasteiger partial charge in [-0.3, -0.25) is 4.90 Å². The van der Waals surface area contributed by atoms with Crippen LogP contribution >= 0.6 is 0 Å². The van der Waals surface area contributed by atoms with Gasteiger partial charge in [0.15, 0.2) is 0 Å². The van der Waals surface area contributed by atoms with Gasteiger partial charge in [-0.25, -0.2) is 8.78 Å². The minimum atomic E-state index is -0.519. The predicted molar refractivity (Wildman–Crippen MR) is 74.8 cm³/mol. The Kier molecular flexibility index (Phi) is 5.88. The highest BCUT2D eigenvalue weighted by Crippen LogP contribution is 2.08. The smallest absolute Gasteiger partial charge is 0.126 e. The number of halogens is 2. The van der Waals surface area contributed by atoms with Gasteiger partial charge in [0.05, 0.1) is 12.7 Å². The molecule has 1 atom stereocenters. The van der Waals surface area contributed by atoms with Crippen molar-refractivity contribution in [3.8, 4) is 0 Å². The Morgan fingerprint density at radius 2 is 2.05 bits per heavy atom. The first-order valence-electron chi connectivity index (χ1n) is 7.17. The molecule has 1 aliphatic rings. The molecular formula is C15H22F2N2O. The molecule has 1 N–H and O–H groups in total. The van der Waals surface area contributed by atoms with Crippen LogP contribution < -0.4 is 5.32 Å². The second-order valence-corrected chi connectivity index (χ2v) is 5.12. The Morgan fingerprint density at radius 3 is 2.75 bits per heavy atom. The molecule has 2 rings (SSSR count). The van der Waals surface area contributed by atoms with Gasteiger partial charge >= 0.3 is 0 Å². The zero-order chi connectivity index (χ0) is 14.4. The van der Waals surface area contributed by atoms with Crippen LogP contribution in [0.4, 0.5) is 8.78 Å². The molecule has 0 saturated carbocycles. The maximum absolute atomic E-state index is 13.0. The highest BCUT2D eigenvalue weighted by Gasteiger charge is 2.18. The molecule has 0 aromatic heterocycles. The van der Waals surface area contributed by atoms with Gasteiger partial charge in [-0.2, -0.15) is 0 Å². The summed E-state index contributed by atoms with van der Waals surface area (Å²) in [6.45, 7) is 7.36. The quantitative estimate of drug-likeness (QED) is 0.807. The zero-order valence-corrected chi connectivity index (χ0v) is 11.9. The molecule has 1 heterocycles. The van der Waals surface area contributed by atoms with E-state index in [0.717, 1.165) is 38.9 Å². The van der Waals surface area contributed by atoms with Gasteiger partial charge in [0.1, 0.15) is 11.6 Å². The van der Waals surface area contributed by atoms with Crippen LogP contribution in [0.2, 0.25) is 0 Å². The van der Waals surface area contributed by atoms with Gasteiger partial charge in [-0.05, 0) is 37.2 Å². The van der Waals surface area contributed by atoms with E-state index >= 15 is 0 Å². The van der Waals surface area contributed by atoms with Crippen molar-refractivity contribution >= 4 is 0 Å². The second-order valence-electron chi connectivity index (χ2n) is 5.12. The summed E-state index contributed by atoms with van der Waals surface area (Å²) in [6, 6.07) is 3.65. The fourth-order valence-corrected chi connectivity index (χ4v) is 2.44. The first-order valence-corrected chi connectivity index (χ1v) is 7.17. The number of nitrogens with zero attached hydrogens (tertiary/aromatic N) is 1. The summed E-state index contributed by atoms with van der Waals surface area (Å²) in [4.78, 5) is 2.36. The lowest BCUT2D eigenvalue weighted by atomic mass is 10.1. The van der Waals surface area contributed by atoms with Crippen molar-refractivity contribution in [1.29, 1.82) is 0 Å². The lowest BCUT2D eigenvalue weighted by Crippen LogP contribution is -2.46. The van der Waals surface area contributed by atoms with E-state index in [1.165, 1.54) is 12.1 Å². The van der Waals surface area contributed by atoms with Gasteiger partial charge in [0, 0.05) is 25.7 Å². The maximum atomic E-state index is 13.0. The van der Waals surface area contributed by atoms with Crippen LogP contribution in [-0.4, -0.2) is 50.3 Å². The van der Waals surface area contributed by atoms with Crippen LogP contribution in [-0.2, 0) is 11.2 Å². The Hall–Kier alpha value is -1.04. The Bertz CT molecular complexity index is 408. The van der Waals surface area contributed by atoms with Crippen LogP contribution in [0.1, 0.15) is 12.5 Å². The predicted octanol–water partition coefficient (Wildman–Crippen LogP) is 1.82. The molecular weight excluding hydrogens is 262 g/mol. The van der Waals surface area contributed by atoms with E-state index in [2.05, 4.69) is 17.1 Å². The van der Waals surface area contributed by atoms with E-state index < -0.39 is 11.6 Å². The molecule has 1 aromatic carbocycles. The van der Waals surface area contributed by atoms with Crippen LogP contribution in [0.15, 0.2) is 18.2 Å². The molecule has 5 heteroatoms. The third kappa shape index (κ3) is 4.81.